The molecule has 2 N–H and O–H groups in total. The molecule has 1 aliphatic heterocycles. The maximum Gasteiger partial charge on any atom is 0.257 e. The molecule has 2 aromatic carbocycles. The van der Waals surface area contributed by atoms with E-state index in [4.69, 9.17) is 4.74 Å². The van der Waals surface area contributed by atoms with Gasteiger partial charge in [-0.1, -0.05) is 6.92 Å². The number of methoxy groups -OCH3 is 1. The van der Waals surface area contributed by atoms with E-state index in [2.05, 4.69) is 10.6 Å². The summed E-state index contributed by atoms with van der Waals surface area (Å²) < 4.78 is 33.2. The fraction of sp³-hybridized carbons (Fsp3) is 0.286. The molecule has 0 radical (unpaired) electrons. The fourth-order valence-electron chi connectivity index (χ4n) is 3.14. The van der Waals surface area contributed by atoms with E-state index >= 15 is 0 Å². The van der Waals surface area contributed by atoms with Gasteiger partial charge in [-0.05, 0) is 42.8 Å². The highest BCUT2D eigenvalue weighted by Gasteiger charge is 2.24. The number of nitrogens with zero attached hydrogens (tertiary/aromatic N) is 1. The first kappa shape index (κ1) is 19.8. The molecular formula is C21H23F2N3O2. The van der Waals surface area contributed by atoms with Crippen molar-refractivity contribution in [2.45, 2.75) is 13.3 Å². The Balaban J connectivity index is 1.79. The number of benzene rings is 2. The SMILES string of the molecule is CCCN(CCOC)c1ccc(NC=C2C(=O)Nc3ccc(F)cc32)cc1F. The van der Waals surface area contributed by atoms with Gasteiger partial charge >= 0.3 is 0 Å². The van der Waals surface area contributed by atoms with E-state index in [1.807, 2.05) is 11.8 Å². The molecule has 1 heterocycles. The number of hydrogen-bond donors (Lipinski definition) is 2. The van der Waals surface area contributed by atoms with E-state index in [1.54, 1.807) is 19.2 Å². The minimum Gasteiger partial charge on any atom is -0.383 e. The highest BCUT2D eigenvalue weighted by atomic mass is 19.1. The standard InChI is InChI=1S/C21H23F2N3O2/c1-3-8-26(9-10-28-2)20-7-5-15(12-18(20)23)24-13-17-16-11-14(22)4-6-19(16)25-21(17)27/h4-7,11-13,24H,3,8-10H2,1-2H3,(H,25,27). The average molecular weight is 387 g/mol. The molecule has 0 saturated heterocycles. The summed E-state index contributed by atoms with van der Waals surface area (Å²) in [5.41, 5.74) is 2.32. The van der Waals surface area contributed by atoms with Gasteiger partial charge in [-0.2, -0.15) is 0 Å². The number of ether oxygens (including phenoxy) is 1. The Hall–Kier alpha value is -2.93. The van der Waals surface area contributed by atoms with Crippen LogP contribution in [0.3, 0.4) is 0 Å². The van der Waals surface area contributed by atoms with Gasteiger partial charge in [0, 0.05) is 43.3 Å². The number of carbonyl (C=O) groups excluding carboxylic acids is 1. The molecule has 0 aliphatic carbocycles. The normalized spacial score (nSPS) is 14.1. The maximum absolute atomic E-state index is 14.6. The smallest absolute Gasteiger partial charge is 0.257 e. The van der Waals surface area contributed by atoms with Gasteiger partial charge in [0.05, 0.1) is 17.9 Å². The predicted molar refractivity (Wildman–Crippen MR) is 107 cm³/mol. The molecule has 2 aromatic rings. The lowest BCUT2D eigenvalue weighted by Crippen LogP contribution is -2.28. The number of fused-ring (bicyclic) bond motifs is 1. The van der Waals surface area contributed by atoms with Crippen LogP contribution >= 0.6 is 0 Å². The number of carbonyl (C=O) groups is 1. The van der Waals surface area contributed by atoms with E-state index in [-0.39, 0.29) is 11.7 Å². The van der Waals surface area contributed by atoms with Gasteiger partial charge in [0.15, 0.2) is 0 Å². The molecular weight excluding hydrogens is 364 g/mol. The van der Waals surface area contributed by atoms with Crippen LogP contribution in [-0.2, 0) is 9.53 Å². The highest BCUT2D eigenvalue weighted by Crippen LogP contribution is 2.32. The van der Waals surface area contributed by atoms with Crippen molar-refractivity contribution in [1.82, 2.24) is 0 Å². The predicted octanol–water partition coefficient (Wildman–Crippen LogP) is 4.23. The largest absolute Gasteiger partial charge is 0.383 e. The second-order valence-electron chi connectivity index (χ2n) is 6.49. The van der Waals surface area contributed by atoms with Gasteiger partial charge in [-0.25, -0.2) is 8.78 Å². The van der Waals surface area contributed by atoms with Crippen molar-refractivity contribution in [2.75, 3.05) is 42.3 Å². The lowest BCUT2D eigenvalue weighted by molar-refractivity contribution is -0.110. The first-order valence-corrected chi connectivity index (χ1v) is 9.15. The number of amides is 1. The molecule has 7 heteroatoms. The van der Waals surface area contributed by atoms with Crippen molar-refractivity contribution >= 4 is 28.5 Å². The van der Waals surface area contributed by atoms with E-state index in [0.29, 0.717) is 41.4 Å². The third-order valence-corrected chi connectivity index (χ3v) is 4.50. The quantitative estimate of drug-likeness (QED) is 0.666. The molecule has 1 amide bonds. The monoisotopic (exact) mass is 387 g/mol. The number of nitrogens with one attached hydrogen (secondary N) is 2. The summed E-state index contributed by atoms with van der Waals surface area (Å²) in [5.74, 6) is -1.13. The highest BCUT2D eigenvalue weighted by molar-refractivity contribution is 6.31. The lowest BCUT2D eigenvalue weighted by atomic mass is 10.1. The number of halogens is 2. The van der Waals surface area contributed by atoms with Crippen molar-refractivity contribution in [3.63, 3.8) is 0 Å². The number of hydrogen-bond acceptors (Lipinski definition) is 4. The van der Waals surface area contributed by atoms with Gasteiger partial charge in [-0.3, -0.25) is 4.79 Å². The maximum atomic E-state index is 14.6. The summed E-state index contributed by atoms with van der Waals surface area (Å²) in [5, 5.41) is 5.60. The van der Waals surface area contributed by atoms with Gasteiger partial charge in [0.25, 0.3) is 5.91 Å². The van der Waals surface area contributed by atoms with Crippen LogP contribution in [0, 0.1) is 11.6 Å². The topological polar surface area (TPSA) is 53.6 Å². The summed E-state index contributed by atoms with van der Waals surface area (Å²) in [4.78, 5) is 14.0. The summed E-state index contributed by atoms with van der Waals surface area (Å²) in [6.07, 6.45) is 2.35. The average Bonchev–Trinajstić information content (AvgIpc) is 2.98. The minimum atomic E-state index is -0.427. The van der Waals surface area contributed by atoms with Crippen LogP contribution in [0.15, 0.2) is 42.6 Å². The number of anilines is 3. The summed E-state index contributed by atoms with van der Waals surface area (Å²) in [6, 6.07) is 8.91. The van der Waals surface area contributed by atoms with Crippen LogP contribution in [0.5, 0.6) is 0 Å². The van der Waals surface area contributed by atoms with E-state index < -0.39 is 5.82 Å². The first-order chi connectivity index (χ1) is 13.5. The molecule has 0 spiro atoms. The van der Waals surface area contributed by atoms with Gasteiger partial charge in [0.1, 0.15) is 11.6 Å². The fourth-order valence-corrected chi connectivity index (χ4v) is 3.14. The third-order valence-electron chi connectivity index (χ3n) is 4.50. The minimum absolute atomic E-state index is 0.298. The molecule has 0 atom stereocenters. The molecule has 5 nitrogen and oxygen atoms in total. The van der Waals surface area contributed by atoms with Crippen LogP contribution in [0.4, 0.5) is 25.8 Å². The first-order valence-electron chi connectivity index (χ1n) is 9.15. The van der Waals surface area contributed by atoms with Crippen LogP contribution in [0.1, 0.15) is 18.9 Å². The zero-order valence-corrected chi connectivity index (χ0v) is 15.9. The summed E-state index contributed by atoms with van der Waals surface area (Å²) in [6.45, 7) is 3.87. The van der Waals surface area contributed by atoms with E-state index in [1.165, 1.54) is 30.5 Å². The molecule has 0 unspecified atom stereocenters. The van der Waals surface area contributed by atoms with Gasteiger partial charge in [0.2, 0.25) is 0 Å². The van der Waals surface area contributed by atoms with Crippen molar-refractivity contribution in [3.05, 3.63) is 59.8 Å². The zero-order valence-electron chi connectivity index (χ0n) is 15.9. The van der Waals surface area contributed by atoms with Crippen molar-refractivity contribution in [2.24, 2.45) is 0 Å². The Morgan fingerprint density at radius 2 is 2.00 bits per heavy atom. The molecule has 3 rings (SSSR count). The Morgan fingerprint density at radius 3 is 2.71 bits per heavy atom. The van der Waals surface area contributed by atoms with Gasteiger partial charge < -0.3 is 20.3 Å². The Kier molecular flexibility index (Phi) is 6.26. The van der Waals surface area contributed by atoms with E-state index in [0.717, 1.165) is 13.0 Å². The number of rotatable bonds is 8. The molecule has 0 aromatic heterocycles. The molecule has 0 fully saturated rings. The van der Waals surface area contributed by atoms with Crippen molar-refractivity contribution in [3.8, 4) is 0 Å². The Morgan fingerprint density at radius 1 is 1.18 bits per heavy atom. The Bertz CT molecular complexity index is 899. The van der Waals surface area contributed by atoms with Crippen molar-refractivity contribution < 1.29 is 18.3 Å². The van der Waals surface area contributed by atoms with Crippen LogP contribution in [-0.4, -0.2) is 32.7 Å². The van der Waals surface area contributed by atoms with Crippen LogP contribution in [0.2, 0.25) is 0 Å². The molecule has 28 heavy (non-hydrogen) atoms. The molecule has 0 saturated carbocycles. The second-order valence-corrected chi connectivity index (χ2v) is 6.49. The summed E-state index contributed by atoms with van der Waals surface area (Å²) in [7, 11) is 1.62. The van der Waals surface area contributed by atoms with Crippen LogP contribution in [0.25, 0.3) is 5.57 Å². The van der Waals surface area contributed by atoms with E-state index in [9.17, 15) is 13.6 Å². The zero-order chi connectivity index (χ0) is 20.1. The van der Waals surface area contributed by atoms with Crippen LogP contribution < -0.4 is 15.5 Å². The Labute approximate surface area is 163 Å². The van der Waals surface area contributed by atoms with Gasteiger partial charge in [-0.15, -0.1) is 0 Å². The second kappa shape index (κ2) is 8.84. The molecule has 1 aliphatic rings. The molecule has 0 bridgehead atoms. The molecule has 148 valence electrons. The lowest BCUT2D eigenvalue weighted by Gasteiger charge is -2.24. The van der Waals surface area contributed by atoms with Crippen molar-refractivity contribution in [1.29, 1.82) is 0 Å². The third kappa shape index (κ3) is 4.31. The summed E-state index contributed by atoms with van der Waals surface area (Å²) >= 11 is 0.